The van der Waals surface area contributed by atoms with Gasteiger partial charge < -0.3 is 75.1 Å². The van der Waals surface area contributed by atoms with E-state index in [1.54, 1.807) is 12.1 Å². The number of Topliss-reactive ketones (excluding diaryl/α,β-unsaturated/α-hetero) is 1. The zero-order valence-corrected chi connectivity index (χ0v) is 26.4. The van der Waals surface area contributed by atoms with E-state index < -0.39 is 111 Å². The van der Waals surface area contributed by atoms with Crippen molar-refractivity contribution in [2.45, 2.75) is 85.8 Å². The molecular weight excluding hydrogens is 664 g/mol. The lowest BCUT2D eigenvalue weighted by molar-refractivity contribution is -0.333. The molecule has 11 N–H and O–H groups in total. The summed E-state index contributed by atoms with van der Waals surface area (Å²) in [4.78, 5) is 13.5. The summed E-state index contributed by atoms with van der Waals surface area (Å²) in [5.41, 5.74) is 0.0866. The molecule has 2 fully saturated rings. The topological polar surface area (TPSA) is 277 Å². The van der Waals surface area contributed by atoms with Gasteiger partial charge in [-0.3, -0.25) is 4.79 Å². The Morgan fingerprint density at radius 1 is 0.640 bits per heavy atom. The molecule has 0 radical (unpaired) electrons. The second kappa shape index (κ2) is 14.9. The molecule has 272 valence electrons. The third-order valence-corrected chi connectivity index (χ3v) is 9.50. The molecule has 0 amide bonds. The van der Waals surface area contributed by atoms with Crippen molar-refractivity contribution in [1.29, 1.82) is 0 Å². The molecule has 4 unspecified atom stereocenters. The van der Waals surface area contributed by atoms with E-state index in [4.69, 9.17) is 18.9 Å². The monoisotopic (exact) mass is 704 g/mol. The highest BCUT2D eigenvalue weighted by Gasteiger charge is 2.48. The zero-order chi connectivity index (χ0) is 36.0. The van der Waals surface area contributed by atoms with Crippen LogP contribution in [0.1, 0.15) is 10.4 Å². The van der Waals surface area contributed by atoms with E-state index >= 15 is 0 Å². The van der Waals surface area contributed by atoms with Crippen molar-refractivity contribution in [3.8, 4) is 0 Å². The highest BCUT2D eigenvalue weighted by atomic mass is 16.7. The van der Waals surface area contributed by atoms with Crippen LogP contribution in [0.3, 0.4) is 0 Å². The van der Waals surface area contributed by atoms with E-state index in [1.807, 2.05) is 36.4 Å². The molecule has 2 heterocycles. The molecule has 50 heavy (non-hydrogen) atoms. The lowest BCUT2D eigenvalue weighted by atomic mass is 9.88. The Morgan fingerprint density at radius 3 is 1.82 bits per heavy atom. The van der Waals surface area contributed by atoms with Gasteiger partial charge in [-0.2, -0.15) is 0 Å². The Kier molecular flexibility index (Phi) is 11.0. The van der Waals surface area contributed by atoms with Gasteiger partial charge in [0.15, 0.2) is 18.4 Å². The molecule has 4 aromatic rings. The first-order valence-electron chi connectivity index (χ1n) is 16.0. The third-order valence-electron chi connectivity index (χ3n) is 9.50. The molecule has 0 bridgehead atoms. The molecule has 6 rings (SSSR count). The summed E-state index contributed by atoms with van der Waals surface area (Å²) in [6.45, 7) is -2.21. The van der Waals surface area contributed by atoms with Crippen LogP contribution in [0.15, 0.2) is 54.6 Å². The van der Waals surface area contributed by atoms with Crippen LogP contribution in [0.25, 0.3) is 32.3 Å². The summed E-state index contributed by atoms with van der Waals surface area (Å²) >= 11 is 0. The van der Waals surface area contributed by atoms with Crippen molar-refractivity contribution in [3.63, 3.8) is 0 Å². The quantitative estimate of drug-likeness (QED) is 0.0513. The maximum Gasteiger partial charge on any atom is 0.194 e. The summed E-state index contributed by atoms with van der Waals surface area (Å²) in [5, 5.41) is 118. The summed E-state index contributed by atoms with van der Waals surface area (Å²) in [7, 11) is 0. The van der Waals surface area contributed by atoms with E-state index in [9.17, 15) is 61.0 Å². The van der Waals surface area contributed by atoms with Crippen LogP contribution in [0.2, 0.25) is 0 Å². The lowest BCUT2D eigenvalue weighted by Crippen LogP contribution is -2.62. The number of aliphatic hydroxyl groups is 11. The summed E-state index contributed by atoms with van der Waals surface area (Å²) in [6.07, 6.45) is -25.2. The minimum Gasteiger partial charge on any atom is -0.394 e. The second-order valence-corrected chi connectivity index (χ2v) is 12.7. The summed E-state index contributed by atoms with van der Waals surface area (Å²) in [6, 6.07) is 16.4. The van der Waals surface area contributed by atoms with Gasteiger partial charge in [-0.15, -0.1) is 0 Å². The largest absolute Gasteiger partial charge is 0.394 e. The summed E-state index contributed by atoms with van der Waals surface area (Å²) in [5.74, 6) is -0.909. The van der Waals surface area contributed by atoms with Gasteiger partial charge >= 0.3 is 0 Å². The number of ether oxygens (including phenoxy) is 4. The number of ketones is 1. The standard InChI is InChI=1S/C34H40O16/c35-10-19-25(39)29(43)31(45)34(49-19)48-12-20-26(40)30(44)32(46)33(50-20)47-11-18(36)24(38)28(42)27(41)23(37)17-9-7-15-5-4-13-2-1-3-14-6-8-16(17)22(15)21(13)14/h1-9,18-20,24-36,38-46H,10-12H2/t18-,19-,20-,24-,25?,26-,27+,28+,29?,30+,31?,32?,33+,34+/m1/s1. The fourth-order valence-corrected chi connectivity index (χ4v) is 6.56. The van der Waals surface area contributed by atoms with Gasteiger partial charge in [0, 0.05) is 5.56 Å². The van der Waals surface area contributed by atoms with Crippen molar-refractivity contribution in [1.82, 2.24) is 0 Å². The number of hydrogen-bond donors (Lipinski definition) is 11. The number of carbonyl (C=O) groups is 1. The van der Waals surface area contributed by atoms with Crippen molar-refractivity contribution in [2.24, 2.45) is 0 Å². The maximum atomic E-state index is 13.5. The van der Waals surface area contributed by atoms with E-state index in [2.05, 4.69) is 0 Å². The Morgan fingerprint density at radius 2 is 1.18 bits per heavy atom. The van der Waals surface area contributed by atoms with Crippen LogP contribution in [0.5, 0.6) is 0 Å². The second-order valence-electron chi connectivity index (χ2n) is 12.7. The number of rotatable bonds is 12. The van der Waals surface area contributed by atoms with Crippen LogP contribution in [0.4, 0.5) is 0 Å². The average molecular weight is 705 g/mol. The van der Waals surface area contributed by atoms with E-state index in [-0.39, 0.29) is 5.56 Å². The Labute approximate surface area is 283 Å². The van der Waals surface area contributed by atoms with Crippen LogP contribution in [0, 0.1) is 0 Å². The molecule has 16 nitrogen and oxygen atoms in total. The van der Waals surface area contributed by atoms with Crippen LogP contribution >= 0.6 is 0 Å². The number of aliphatic hydroxyl groups excluding tert-OH is 11. The number of hydrogen-bond acceptors (Lipinski definition) is 16. The van der Waals surface area contributed by atoms with Gasteiger partial charge in [-0.25, -0.2) is 0 Å². The van der Waals surface area contributed by atoms with Gasteiger partial charge in [0.25, 0.3) is 0 Å². The first-order chi connectivity index (χ1) is 23.8. The van der Waals surface area contributed by atoms with Crippen LogP contribution < -0.4 is 0 Å². The molecule has 4 aromatic carbocycles. The smallest absolute Gasteiger partial charge is 0.194 e. The van der Waals surface area contributed by atoms with Crippen LogP contribution in [-0.2, 0) is 18.9 Å². The molecule has 2 aliphatic rings. The molecule has 2 aliphatic heterocycles. The Balaban J connectivity index is 1.08. The minimum atomic E-state index is -2.19. The molecular formula is C34H40O16. The van der Waals surface area contributed by atoms with Crippen molar-refractivity contribution >= 4 is 38.1 Å². The van der Waals surface area contributed by atoms with E-state index in [1.165, 1.54) is 6.07 Å². The molecule has 2 saturated heterocycles. The van der Waals surface area contributed by atoms with Crippen molar-refractivity contribution in [3.05, 3.63) is 60.2 Å². The molecule has 14 atom stereocenters. The normalized spacial score (nSPS) is 33.1. The van der Waals surface area contributed by atoms with E-state index in [0.29, 0.717) is 5.39 Å². The molecule has 16 heteroatoms. The summed E-state index contributed by atoms with van der Waals surface area (Å²) < 4.78 is 21.4. The average Bonchev–Trinajstić information content (AvgIpc) is 3.13. The maximum absolute atomic E-state index is 13.5. The molecule has 0 saturated carbocycles. The van der Waals surface area contributed by atoms with Gasteiger partial charge in [0.2, 0.25) is 0 Å². The van der Waals surface area contributed by atoms with Crippen molar-refractivity contribution < 1.29 is 79.9 Å². The Hall–Kier alpha value is -3.01. The van der Waals surface area contributed by atoms with Gasteiger partial charge in [0.05, 0.1) is 19.8 Å². The first kappa shape index (κ1) is 36.8. The van der Waals surface area contributed by atoms with Gasteiger partial charge in [0.1, 0.15) is 73.2 Å². The lowest BCUT2D eigenvalue weighted by Gasteiger charge is -2.42. The van der Waals surface area contributed by atoms with Crippen LogP contribution in [-0.4, -0.2) is 168 Å². The molecule has 0 aliphatic carbocycles. The SMILES string of the molecule is O=C(c1ccc2ccc3cccc4ccc1c2c34)[C@H](O)[C@@H](O)[C@H](O)[C@H](O)CO[C@H]1O[C@H](CO[C@H]2O[C@H](CO)C(O)C(O)C2O)[C@@H](O)[C@H](O)C1O. The molecule has 0 aromatic heterocycles. The fraction of sp³-hybridized carbons (Fsp3) is 0.500. The van der Waals surface area contributed by atoms with Gasteiger partial charge in [-0.05, 0) is 32.3 Å². The number of carbonyl (C=O) groups excluding carboxylic acids is 1. The van der Waals surface area contributed by atoms with Crippen molar-refractivity contribution in [2.75, 3.05) is 19.8 Å². The zero-order valence-electron chi connectivity index (χ0n) is 26.4. The Bertz CT molecular complexity index is 1750. The minimum absolute atomic E-state index is 0.0866. The van der Waals surface area contributed by atoms with Gasteiger partial charge in [-0.1, -0.05) is 54.6 Å². The fourth-order valence-electron chi connectivity index (χ4n) is 6.56. The predicted molar refractivity (Wildman–Crippen MR) is 171 cm³/mol. The van der Waals surface area contributed by atoms with E-state index in [0.717, 1.165) is 26.9 Å². The molecule has 0 spiro atoms. The first-order valence-corrected chi connectivity index (χ1v) is 16.0. The third kappa shape index (κ3) is 6.70. The highest BCUT2D eigenvalue weighted by molar-refractivity contribution is 6.26. The highest BCUT2D eigenvalue weighted by Crippen LogP contribution is 2.36. The predicted octanol–water partition coefficient (Wildman–Crippen LogP) is -3.15. The number of benzene rings is 4.